The number of rotatable bonds is 6. The molecule has 2 fully saturated rings. The molecule has 10 nitrogen and oxygen atoms in total. The summed E-state index contributed by atoms with van der Waals surface area (Å²) < 4.78 is 13.4. The van der Waals surface area contributed by atoms with E-state index in [2.05, 4.69) is 6.07 Å². The van der Waals surface area contributed by atoms with Crippen molar-refractivity contribution >= 4 is 58.8 Å². The molecule has 0 spiro atoms. The van der Waals surface area contributed by atoms with Crippen LogP contribution >= 0.6 is 34.8 Å². The van der Waals surface area contributed by atoms with Crippen molar-refractivity contribution in [1.82, 2.24) is 4.90 Å². The number of carboxylic acid groups (broad SMARTS) is 1. The van der Waals surface area contributed by atoms with E-state index in [1.807, 2.05) is 0 Å². The van der Waals surface area contributed by atoms with Crippen molar-refractivity contribution in [2.45, 2.75) is 49.4 Å². The van der Waals surface area contributed by atoms with Crippen molar-refractivity contribution in [1.29, 1.82) is 5.26 Å². The number of ether oxygens (including phenoxy) is 3. The number of carboxylic acids is 1. The minimum Gasteiger partial charge on any atom is -0.480 e. The molecule has 0 aromatic carbocycles. The van der Waals surface area contributed by atoms with Gasteiger partial charge in [0.15, 0.2) is 5.41 Å². The number of halogens is 3. The van der Waals surface area contributed by atoms with Gasteiger partial charge in [0, 0.05) is 12.5 Å². The third kappa shape index (κ3) is 5.42. The van der Waals surface area contributed by atoms with Gasteiger partial charge in [-0.15, -0.1) is 0 Å². The number of fused-ring (bicyclic) bond motifs is 1. The van der Waals surface area contributed by atoms with Crippen LogP contribution in [0.15, 0.2) is 0 Å². The van der Waals surface area contributed by atoms with E-state index in [9.17, 15) is 29.5 Å². The minimum absolute atomic E-state index is 0.0237. The molecule has 13 heteroatoms. The molecular formula is C20H25Cl3N2O8. The van der Waals surface area contributed by atoms with Gasteiger partial charge in [-0.1, -0.05) is 41.2 Å². The van der Waals surface area contributed by atoms with Crippen molar-refractivity contribution < 1.29 is 38.5 Å². The van der Waals surface area contributed by atoms with Crippen LogP contribution in [-0.2, 0) is 28.6 Å². The lowest BCUT2D eigenvalue weighted by Gasteiger charge is -2.54. The predicted molar refractivity (Wildman–Crippen MR) is 115 cm³/mol. The van der Waals surface area contributed by atoms with Crippen LogP contribution in [0.5, 0.6) is 0 Å². The Balaban J connectivity index is 2.54. The topological polar surface area (TPSA) is 143 Å². The lowest BCUT2D eigenvalue weighted by Crippen LogP contribution is -2.65. The van der Waals surface area contributed by atoms with Gasteiger partial charge in [0.25, 0.3) is 0 Å². The maximum atomic E-state index is 13.1. The normalized spacial score (nSPS) is 26.4. The van der Waals surface area contributed by atoms with Crippen molar-refractivity contribution in [3.63, 3.8) is 0 Å². The molecule has 184 valence electrons. The van der Waals surface area contributed by atoms with Crippen molar-refractivity contribution in [2.24, 2.45) is 16.7 Å². The maximum Gasteiger partial charge on any atom is 0.410 e. The number of piperidine rings is 1. The van der Waals surface area contributed by atoms with E-state index in [0.717, 1.165) is 4.90 Å². The monoisotopic (exact) mass is 526 g/mol. The van der Waals surface area contributed by atoms with Crippen molar-refractivity contribution in [3.8, 4) is 6.07 Å². The molecule has 0 bridgehead atoms. The zero-order valence-electron chi connectivity index (χ0n) is 18.1. The summed E-state index contributed by atoms with van der Waals surface area (Å²) in [6.07, 6.45) is -0.942. The Kier molecular flexibility index (Phi) is 8.71. The first-order chi connectivity index (χ1) is 15.4. The van der Waals surface area contributed by atoms with Gasteiger partial charge in [0.2, 0.25) is 3.79 Å². The van der Waals surface area contributed by atoms with E-state index in [1.54, 1.807) is 13.8 Å². The van der Waals surface area contributed by atoms with Crippen LogP contribution in [0.25, 0.3) is 0 Å². The van der Waals surface area contributed by atoms with Crippen LogP contribution in [0.2, 0.25) is 0 Å². The van der Waals surface area contributed by atoms with Gasteiger partial charge < -0.3 is 19.3 Å². The highest BCUT2D eigenvalue weighted by Gasteiger charge is 2.67. The number of carbonyl (C=O) groups is 4. The Morgan fingerprint density at radius 3 is 2.12 bits per heavy atom. The third-order valence-corrected chi connectivity index (χ3v) is 6.45. The first-order valence-electron chi connectivity index (χ1n) is 10.4. The summed E-state index contributed by atoms with van der Waals surface area (Å²) in [5, 5.41) is 20.0. The predicted octanol–water partition coefficient (Wildman–Crippen LogP) is 3.07. The van der Waals surface area contributed by atoms with Crippen LogP contribution in [0, 0.1) is 28.1 Å². The Bertz CT molecular complexity index is 822. The van der Waals surface area contributed by atoms with Crippen LogP contribution < -0.4 is 0 Å². The summed E-state index contributed by atoms with van der Waals surface area (Å²) in [5.41, 5.74) is -3.30. The number of nitrogens with zero attached hydrogens (tertiary/aromatic N) is 2. The Morgan fingerprint density at radius 2 is 1.67 bits per heavy atom. The first kappa shape index (κ1) is 27.3. The number of likely N-dealkylation sites (tertiary alicyclic amines) is 1. The molecule has 33 heavy (non-hydrogen) atoms. The average Bonchev–Trinajstić information content (AvgIpc) is 2.75. The van der Waals surface area contributed by atoms with Crippen molar-refractivity contribution in [2.75, 3.05) is 26.4 Å². The number of hydrogen-bond acceptors (Lipinski definition) is 8. The number of alkyl halides is 3. The molecule has 1 heterocycles. The van der Waals surface area contributed by atoms with Gasteiger partial charge in [-0.05, 0) is 33.1 Å². The van der Waals surface area contributed by atoms with Gasteiger partial charge in [-0.3, -0.25) is 14.5 Å². The number of amides is 1. The smallest absolute Gasteiger partial charge is 0.410 e. The third-order valence-electron chi connectivity index (χ3n) is 6.12. The average molecular weight is 528 g/mol. The number of hydrogen-bond donors (Lipinski definition) is 1. The lowest BCUT2D eigenvalue weighted by atomic mass is 9.51. The van der Waals surface area contributed by atoms with E-state index in [1.165, 1.54) is 0 Å². The molecule has 1 aliphatic carbocycles. The van der Waals surface area contributed by atoms with E-state index >= 15 is 0 Å². The Labute approximate surface area is 206 Å². The quantitative estimate of drug-likeness (QED) is 0.238. The molecule has 1 aliphatic heterocycles. The highest BCUT2D eigenvalue weighted by molar-refractivity contribution is 6.67. The van der Waals surface area contributed by atoms with Crippen LogP contribution in [0.3, 0.4) is 0 Å². The fourth-order valence-electron chi connectivity index (χ4n) is 4.80. The van der Waals surface area contributed by atoms with Gasteiger partial charge in [0.1, 0.15) is 12.6 Å². The minimum atomic E-state index is -1.92. The number of carbonyl (C=O) groups excluding carboxylic acids is 3. The van der Waals surface area contributed by atoms with E-state index < -0.39 is 63.7 Å². The Morgan fingerprint density at radius 1 is 1.09 bits per heavy atom. The molecule has 1 saturated carbocycles. The summed E-state index contributed by atoms with van der Waals surface area (Å²) in [7, 11) is 0. The fourth-order valence-corrected chi connectivity index (χ4v) is 4.96. The highest BCUT2D eigenvalue weighted by Crippen LogP contribution is 2.57. The SMILES string of the molecule is CCOC(=O)C1(C(=O)OCC)CCC[C@]2(C#N)CN(C(=O)OCC(Cl)(Cl)Cl)[C@@H](C(=O)O)C[C@@H]12. The van der Waals surface area contributed by atoms with E-state index in [-0.39, 0.29) is 38.9 Å². The maximum absolute atomic E-state index is 13.1. The molecule has 1 N–H and O–H groups in total. The highest BCUT2D eigenvalue weighted by atomic mass is 35.6. The van der Waals surface area contributed by atoms with Gasteiger partial charge >= 0.3 is 24.0 Å². The Hall–Kier alpha value is -1.96. The molecular weight excluding hydrogens is 503 g/mol. The van der Waals surface area contributed by atoms with Gasteiger partial charge in [0.05, 0.1) is 24.7 Å². The molecule has 1 saturated heterocycles. The molecule has 2 rings (SSSR count). The van der Waals surface area contributed by atoms with E-state index in [4.69, 9.17) is 49.0 Å². The molecule has 0 unspecified atom stereocenters. The second-order valence-corrected chi connectivity index (χ2v) is 10.5. The summed E-state index contributed by atoms with van der Waals surface area (Å²) in [6, 6.07) is 0.649. The molecule has 1 amide bonds. The van der Waals surface area contributed by atoms with E-state index in [0.29, 0.717) is 0 Å². The zero-order chi connectivity index (χ0) is 25.0. The molecule has 2 aliphatic rings. The summed E-state index contributed by atoms with van der Waals surface area (Å²) in [6.45, 7) is 2.05. The van der Waals surface area contributed by atoms with Crippen molar-refractivity contribution in [3.05, 3.63) is 0 Å². The zero-order valence-corrected chi connectivity index (χ0v) is 20.4. The summed E-state index contributed by atoms with van der Waals surface area (Å²) in [5.74, 6) is -4.21. The number of nitriles is 1. The second-order valence-electron chi connectivity index (χ2n) is 7.97. The standard InChI is InChI=1S/C20H25Cl3N2O8/c1-3-31-15(28)19(16(29)32-4-2)7-5-6-18(9-24)10-25(12(14(26)27)8-13(18)19)17(30)33-11-20(21,22)23/h12-13H,3-8,10-11H2,1-2H3,(H,26,27)/t12-,13-,18+/m1/s1. The second kappa shape index (κ2) is 10.5. The van der Waals surface area contributed by atoms with Crippen LogP contribution in [0.4, 0.5) is 4.79 Å². The molecule has 0 aromatic rings. The van der Waals surface area contributed by atoms with Gasteiger partial charge in [-0.25, -0.2) is 9.59 Å². The first-order valence-corrected chi connectivity index (χ1v) is 11.5. The van der Waals surface area contributed by atoms with Crippen LogP contribution in [0.1, 0.15) is 39.5 Å². The number of aliphatic carboxylic acids is 1. The lowest BCUT2D eigenvalue weighted by molar-refractivity contribution is -0.191. The fraction of sp³-hybridized carbons (Fsp3) is 0.750. The molecule has 3 atom stereocenters. The molecule has 0 radical (unpaired) electrons. The largest absolute Gasteiger partial charge is 0.480 e. The van der Waals surface area contributed by atoms with Crippen LogP contribution in [-0.4, -0.2) is 70.2 Å². The molecule has 0 aromatic heterocycles. The summed E-state index contributed by atoms with van der Waals surface area (Å²) in [4.78, 5) is 51.9. The van der Waals surface area contributed by atoms with Gasteiger partial charge in [-0.2, -0.15) is 5.26 Å². The number of esters is 2. The summed E-state index contributed by atoms with van der Waals surface area (Å²) >= 11 is 16.8.